The molecule has 0 bridgehead atoms. The van der Waals surface area contributed by atoms with Crippen molar-refractivity contribution in [2.45, 2.75) is 37.5 Å². The number of thioether (sulfide) groups is 1. The molecule has 1 fully saturated rings. The standard InChI is InChI=1S/C13H19Cl2N3S/c1-3-19-11-6-4-5-10(11)17-13-9(15)7-8(14)12(16-2)18-13/h7,10-11H,3-6H2,1-2H3,(H2,16,17,18). The smallest absolute Gasteiger partial charge is 0.147 e. The maximum atomic E-state index is 6.22. The van der Waals surface area contributed by atoms with Crippen molar-refractivity contribution in [3.8, 4) is 0 Å². The van der Waals surface area contributed by atoms with E-state index in [1.165, 1.54) is 19.3 Å². The van der Waals surface area contributed by atoms with Crippen LogP contribution in [0.1, 0.15) is 26.2 Å². The lowest BCUT2D eigenvalue weighted by molar-refractivity contribution is 0.763. The van der Waals surface area contributed by atoms with Gasteiger partial charge >= 0.3 is 0 Å². The Morgan fingerprint density at radius 2 is 2.05 bits per heavy atom. The molecule has 2 unspecified atom stereocenters. The quantitative estimate of drug-likeness (QED) is 0.836. The third-order valence-electron chi connectivity index (χ3n) is 3.32. The summed E-state index contributed by atoms with van der Waals surface area (Å²) in [5.41, 5.74) is 0. The van der Waals surface area contributed by atoms with E-state index in [4.69, 9.17) is 23.2 Å². The molecule has 1 aliphatic carbocycles. The zero-order valence-corrected chi connectivity index (χ0v) is 13.5. The van der Waals surface area contributed by atoms with Gasteiger partial charge in [0.2, 0.25) is 0 Å². The van der Waals surface area contributed by atoms with Gasteiger partial charge in [-0.15, -0.1) is 0 Å². The van der Waals surface area contributed by atoms with Crippen LogP contribution < -0.4 is 10.6 Å². The summed E-state index contributed by atoms with van der Waals surface area (Å²) in [6.45, 7) is 2.20. The number of hydrogen-bond acceptors (Lipinski definition) is 4. The summed E-state index contributed by atoms with van der Waals surface area (Å²) in [6, 6.07) is 2.18. The molecule has 1 heterocycles. The topological polar surface area (TPSA) is 37.0 Å². The zero-order chi connectivity index (χ0) is 13.8. The molecule has 6 heteroatoms. The zero-order valence-electron chi connectivity index (χ0n) is 11.2. The Morgan fingerprint density at radius 1 is 1.32 bits per heavy atom. The third-order valence-corrected chi connectivity index (χ3v) is 5.22. The molecule has 0 saturated heterocycles. The molecule has 1 aromatic heterocycles. The number of pyridine rings is 1. The lowest BCUT2D eigenvalue weighted by Crippen LogP contribution is -2.27. The maximum Gasteiger partial charge on any atom is 0.147 e. The fourth-order valence-electron chi connectivity index (χ4n) is 2.42. The van der Waals surface area contributed by atoms with Crippen molar-refractivity contribution in [3.05, 3.63) is 16.1 Å². The second kappa shape index (κ2) is 6.91. The molecule has 19 heavy (non-hydrogen) atoms. The Balaban J connectivity index is 2.14. The number of rotatable bonds is 5. The van der Waals surface area contributed by atoms with E-state index in [2.05, 4.69) is 22.5 Å². The molecule has 1 aromatic rings. The number of nitrogens with one attached hydrogen (secondary N) is 2. The average Bonchev–Trinajstić information content (AvgIpc) is 2.80. The van der Waals surface area contributed by atoms with Gasteiger partial charge in [0.1, 0.15) is 11.6 Å². The highest BCUT2D eigenvalue weighted by atomic mass is 35.5. The Bertz CT molecular complexity index is 442. The minimum absolute atomic E-state index is 0.445. The number of hydrogen-bond donors (Lipinski definition) is 2. The van der Waals surface area contributed by atoms with Crippen LogP contribution in [-0.2, 0) is 0 Å². The van der Waals surface area contributed by atoms with Crippen molar-refractivity contribution < 1.29 is 0 Å². The highest BCUT2D eigenvalue weighted by Gasteiger charge is 2.28. The van der Waals surface area contributed by atoms with Gasteiger partial charge < -0.3 is 10.6 Å². The van der Waals surface area contributed by atoms with Gasteiger partial charge in [0.05, 0.1) is 10.0 Å². The van der Waals surface area contributed by atoms with E-state index in [-0.39, 0.29) is 0 Å². The van der Waals surface area contributed by atoms with Gasteiger partial charge in [-0.25, -0.2) is 4.98 Å². The molecule has 0 aromatic carbocycles. The van der Waals surface area contributed by atoms with E-state index in [1.54, 1.807) is 13.1 Å². The second-order valence-electron chi connectivity index (χ2n) is 4.57. The van der Waals surface area contributed by atoms with Crippen LogP contribution in [-0.4, -0.2) is 29.1 Å². The van der Waals surface area contributed by atoms with Crippen LogP contribution in [0, 0.1) is 0 Å². The van der Waals surface area contributed by atoms with Crippen molar-refractivity contribution in [3.63, 3.8) is 0 Å². The first-order valence-electron chi connectivity index (χ1n) is 6.57. The highest BCUT2D eigenvalue weighted by molar-refractivity contribution is 7.99. The minimum atomic E-state index is 0.445. The van der Waals surface area contributed by atoms with Crippen molar-refractivity contribution in [1.29, 1.82) is 0 Å². The average molecular weight is 320 g/mol. The van der Waals surface area contributed by atoms with Crippen LogP contribution >= 0.6 is 35.0 Å². The fourth-order valence-corrected chi connectivity index (χ4v) is 4.13. The molecule has 106 valence electrons. The largest absolute Gasteiger partial charge is 0.372 e. The van der Waals surface area contributed by atoms with Crippen molar-refractivity contribution in [2.75, 3.05) is 23.4 Å². The molecule has 2 atom stereocenters. The Hall–Kier alpha value is -0.320. The van der Waals surface area contributed by atoms with E-state index < -0.39 is 0 Å². The van der Waals surface area contributed by atoms with Gasteiger partial charge in [-0.05, 0) is 24.7 Å². The normalized spacial score (nSPS) is 22.5. The molecule has 2 rings (SSSR count). The highest BCUT2D eigenvalue weighted by Crippen LogP contribution is 2.35. The Kier molecular flexibility index (Phi) is 5.48. The molecule has 0 spiro atoms. The number of nitrogens with zero attached hydrogens (tertiary/aromatic N) is 1. The lowest BCUT2D eigenvalue weighted by Gasteiger charge is -2.21. The molecule has 1 aliphatic rings. The summed E-state index contributed by atoms with van der Waals surface area (Å²) in [5, 5.41) is 8.24. The molecule has 3 nitrogen and oxygen atoms in total. The first-order chi connectivity index (χ1) is 9.15. The summed E-state index contributed by atoms with van der Waals surface area (Å²) in [6.07, 6.45) is 3.70. The van der Waals surface area contributed by atoms with Crippen LogP contribution in [0.25, 0.3) is 0 Å². The first-order valence-corrected chi connectivity index (χ1v) is 8.38. The third kappa shape index (κ3) is 3.61. The summed E-state index contributed by atoms with van der Waals surface area (Å²) in [7, 11) is 1.80. The van der Waals surface area contributed by atoms with Crippen LogP contribution in [0.5, 0.6) is 0 Å². The van der Waals surface area contributed by atoms with Gasteiger partial charge in [0.15, 0.2) is 0 Å². The first kappa shape index (κ1) is 15.1. The van der Waals surface area contributed by atoms with Gasteiger partial charge in [-0.3, -0.25) is 0 Å². The van der Waals surface area contributed by atoms with Gasteiger partial charge in [0.25, 0.3) is 0 Å². The van der Waals surface area contributed by atoms with Crippen molar-refractivity contribution in [2.24, 2.45) is 0 Å². The number of aromatic nitrogens is 1. The van der Waals surface area contributed by atoms with Gasteiger partial charge in [0, 0.05) is 18.3 Å². The molecular formula is C13H19Cl2N3S. The molecule has 1 saturated carbocycles. The summed E-state index contributed by atoms with van der Waals surface area (Å²) in [4.78, 5) is 4.45. The van der Waals surface area contributed by atoms with Crippen molar-refractivity contribution >= 4 is 46.6 Å². The maximum absolute atomic E-state index is 6.22. The summed E-state index contributed by atoms with van der Waals surface area (Å²) in [5.74, 6) is 2.53. The molecule has 2 N–H and O–H groups in total. The van der Waals surface area contributed by atoms with Gasteiger partial charge in [-0.2, -0.15) is 11.8 Å². The van der Waals surface area contributed by atoms with Gasteiger partial charge in [-0.1, -0.05) is 36.5 Å². The predicted molar refractivity (Wildman–Crippen MR) is 87.0 cm³/mol. The number of halogens is 2. The Morgan fingerprint density at radius 3 is 2.74 bits per heavy atom. The minimum Gasteiger partial charge on any atom is -0.372 e. The van der Waals surface area contributed by atoms with Crippen molar-refractivity contribution in [1.82, 2.24) is 4.98 Å². The molecular weight excluding hydrogens is 301 g/mol. The lowest BCUT2D eigenvalue weighted by atomic mass is 10.2. The fraction of sp³-hybridized carbons (Fsp3) is 0.615. The van der Waals surface area contributed by atoms with E-state index in [9.17, 15) is 0 Å². The molecule has 0 amide bonds. The SMILES string of the molecule is CCSC1CCCC1Nc1nc(NC)c(Cl)cc1Cl. The van der Waals surface area contributed by atoms with Crippen LogP contribution in [0.4, 0.5) is 11.6 Å². The van der Waals surface area contributed by atoms with E-state index in [0.717, 1.165) is 11.6 Å². The Labute approximate surface area is 128 Å². The molecule has 0 radical (unpaired) electrons. The summed E-state index contributed by atoms with van der Waals surface area (Å²) >= 11 is 14.3. The van der Waals surface area contributed by atoms with Crippen LogP contribution in [0.15, 0.2) is 6.07 Å². The monoisotopic (exact) mass is 319 g/mol. The van der Waals surface area contributed by atoms with E-state index in [0.29, 0.717) is 27.2 Å². The van der Waals surface area contributed by atoms with E-state index in [1.807, 2.05) is 11.8 Å². The van der Waals surface area contributed by atoms with Crippen LogP contribution in [0.3, 0.4) is 0 Å². The second-order valence-corrected chi connectivity index (χ2v) is 6.91. The molecule has 0 aliphatic heterocycles. The summed E-state index contributed by atoms with van der Waals surface area (Å²) < 4.78 is 0. The van der Waals surface area contributed by atoms with Crippen LogP contribution in [0.2, 0.25) is 10.0 Å². The van der Waals surface area contributed by atoms with E-state index >= 15 is 0 Å². The predicted octanol–water partition coefficient (Wildman–Crippen LogP) is 4.52. The number of anilines is 2.